The molecule has 0 atom stereocenters. The first-order valence-corrected chi connectivity index (χ1v) is 10.5. The molecule has 1 aliphatic carbocycles. The number of aromatic nitrogens is 4. The fourth-order valence-corrected chi connectivity index (χ4v) is 4.01. The highest BCUT2D eigenvalue weighted by molar-refractivity contribution is 5.79. The van der Waals surface area contributed by atoms with Crippen molar-refractivity contribution in [3.05, 3.63) is 54.1 Å². The largest absolute Gasteiger partial charge is 0.497 e. The van der Waals surface area contributed by atoms with Crippen LogP contribution in [-0.4, -0.2) is 46.4 Å². The number of carbonyl (C=O) groups is 1. The van der Waals surface area contributed by atoms with Crippen LogP contribution < -0.4 is 14.8 Å². The van der Waals surface area contributed by atoms with Crippen molar-refractivity contribution < 1.29 is 14.3 Å². The summed E-state index contributed by atoms with van der Waals surface area (Å²) in [5.41, 5.74) is 1.77. The third kappa shape index (κ3) is 5.02. The standard InChI is InChI=1S/C23H27N5O3/c1-30-20-12-13-21(31-2)17(14-20)15-22(29)24-18-8-10-19(11-9-18)28-26-23(25-27-28)16-6-4-3-5-7-16/h3-7,12-14,18-19H,8-11,15H2,1-2H3,(H,24,29). The lowest BCUT2D eigenvalue weighted by atomic mass is 9.91. The van der Waals surface area contributed by atoms with Crippen LogP contribution in [0.4, 0.5) is 0 Å². The second-order valence-corrected chi connectivity index (χ2v) is 7.73. The molecule has 1 aromatic heterocycles. The van der Waals surface area contributed by atoms with Crippen LogP contribution in [0.3, 0.4) is 0 Å². The Morgan fingerprint density at radius 3 is 2.55 bits per heavy atom. The molecule has 4 rings (SSSR count). The van der Waals surface area contributed by atoms with Crippen LogP contribution in [0, 0.1) is 0 Å². The van der Waals surface area contributed by atoms with E-state index in [-0.39, 0.29) is 24.4 Å². The van der Waals surface area contributed by atoms with Gasteiger partial charge in [0.25, 0.3) is 0 Å². The van der Waals surface area contributed by atoms with Crippen LogP contribution >= 0.6 is 0 Å². The van der Waals surface area contributed by atoms with Crippen LogP contribution in [0.15, 0.2) is 48.5 Å². The van der Waals surface area contributed by atoms with E-state index >= 15 is 0 Å². The molecule has 1 N–H and O–H groups in total. The number of ether oxygens (including phenoxy) is 2. The van der Waals surface area contributed by atoms with Crippen LogP contribution in [-0.2, 0) is 11.2 Å². The average Bonchev–Trinajstić information content (AvgIpc) is 3.30. The summed E-state index contributed by atoms with van der Waals surface area (Å²) in [6.45, 7) is 0. The molecule has 1 heterocycles. The van der Waals surface area contributed by atoms with E-state index in [0.717, 1.165) is 36.8 Å². The minimum absolute atomic E-state index is 0.0137. The molecule has 1 fully saturated rings. The van der Waals surface area contributed by atoms with Gasteiger partial charge in [-0.15, -0.1) is 10.2 Å². The lowest BCUT2D eigenvalue weighted by Gasteiger charge is -2.28. The number of rotatable bonds is 7. The van der Waals surface area contributed by atoms with Gasteiger partial charge in [0, 0.05) is 17.2 Å². The van der Waals surface area contributed by atoms with Gasteiger partial charge in [-0.2, -0.15) is 4.80 Å². The fourth-order valence-electron chi connectivity index (χ4n) is 4.01. The molecule has 0 aliphatic heterocycles. The third-order valence-electron chi connectivity index (χ3n) is 5.69. The van der Waals surface area contributed by atoms with Crippen molar-refractivity contribution in [3.63, 3.8) is 0 Å². The van der Waals surface area contributed by atoms with Gasteiger partial charge in [-0.05, 0) is 49.1 Å². The molecule has 31 heavy (non-hydrogen) atoms. The molecule has 0 spiro atoms. The Morgan fingerprint density at radius 2 is 1.84 bits per heavy atom. The highest BCUT2D eigenvalue weighted by Gasteiger charge is 2.25. The molecule has 1 aliphatic rings. The highest BCUT2D eigenvalue weighted by atomic mass is 16.5. The van der Waals surface area contributed by atoms with Gasteiger partial charge in [0.2, 0.25) is 11.7 Å². The van der Waals surface area contributed by atoms with Gasteiger partial charge >= 0.3 is 0 Å². The van der Waals surface area contributed by atoms with Gasteiger partial charge in [0.05, 0.1) is 26.7 Å². The number of hydrogen-bond acceptors (Lipinski definition) is 6. The summed E-state index contributed by atoms with van der Waals surface area (Å²) in [6.07, 6.45) is 3.82. The quantitative estimate of drug-likeness (QED) is 0.630. The maximum absolute atomic E-state index is 12.6. The highest BCUT2D eigenvalue weighted by Crippen LogP contribution is 2.28. The molecule has 0 saturated heterocycles. The van der Waals surface area contributed by atoms with Crippen molar-refractivity contribution in [2.45, 2.75) is 44.2 Å². The molecule has 8 heteroatoms. The van der Waals surface area contributed by atoms with Crippen LogP contribution in [0.5, 0.6) is 11.5 Å². The van der Waals surface area contributed by atoms with Gasteiger partial charge < -0.3 is 14.8 Å². The number of amides is 1. The zero-order valence-corrected chi connectivity index (χ0v) is 17.8. The number of carbonyl (C=O) groups excluding carboxylic acids is 1. The molecule has 2 aromatic carbocycles. The number of benzene rings is 2. The van der Waals surface area contributed by atoms with E-state index in [1.807, 2.05) is 48.5 Å². The number of hydrogen-bond donors (Lipinski definition) is 1. The topological polar surface area (TPSA) is 91.2 Å². The molecule has 0 radical (unpaired) electrons. The molecule has 3 aromatic rings. The second kappa shape index (κ2) is 9.59. The smallest absolute Gasteiger partial charge is 0.224 e. The van der Waals surface area contributed by atoms with E-state index in [0.29, 0.717) is 17.3 Å². The minimum atomic E-state index is -0.0137. The van der Waals surface area contributed by atoms with Gasteiger partial charge in [0.1, 0.15) is 11.5 Å². The zero-order valence-electron chi connectivity index (χ0n) is 17.8. The predicted octanol–water partition coefficient (Wildman–Crippen LogP) is 3.20. The van der Waals surface area contributed by atoms with Crippen LogP contribution in [0.1, 0.15) is 37.3 Å². The summed E-state index contributed by atoms with van der Waals surface area (Å²) in [6, 6.07) is 15.7. The Hall–Kier alpha value is -3.42. The number of tetrazole rings is 1. The number of nitrogens with zero attached hydrogens (tertiary/aromatic N) is 4. The van der Waals surface area contributed by atoms with Crippen LogP contribution in [0.2, 0.25) is 0 Å². The normalized spacial score (nSPS) is 18.4. The van der Waals surface area contributed by atoms with Crippen molar-refractivity contribution in [1.82, 2.24) is 25.5 Å². The molecule has 8 nitrogen and oxygen atoms in total. The SMILES string of the molecule is COc1ccc(OC)c(CC(=O)NC2CCC(n3nnc(-c4ccccc4)n3)CC2)c1. The van der Waals surface area contributed by atoms with Gasteiger partial charge in [-0.1, -0.05) is 30.3 Å². The van der Waals surface area contributed by atoms with Gasteiger partial charge in [-0.25, -0.2) is 0 Å². The monoisotopic (exact) mass is 421 g/mol. The van der Waals surface area contributed by atoms with Crippen molar-refractivity contribution >= 4 is 5.91 Å². The van der Waals surface area contributed by atoms with E-state index in [4.69, 9.17) is 9.47 Å². The molecule has 1 saturated carbocycles. The van der Waals surface area contributed by atoms with E-state index in [1.165, 1.54) is 0 Å². The summed E-state index contributed by atoms with van der Waals surface area (Å²) in [5.74, 6) is 2.02. The maximum atomic E-state index is 12.6. The number of nitrogens with one attached hydrogen (secondary N) is 1. The van der Waals surface area contributed by atoms with E-state index in [9.17, 15) is 4.79 Å². The summed E-state index contributed by atoms with van der Waals surface area (Å²) < 4.78 is 10.6. The zero-order chi connectivity index (χ0) is 21.6. The lowest BCUT2D eigenvalue weighted by molar-refractivity contribution is -0.121. The van der Waals surface area contributed by atoms with Crippen molar-refractivity contribution in [2.24, 2.45) is 0 Å². The molecule has 0 unspecified atom stereocenters. The molecule has 0 bridgehead atoms. The van der Waals surface area contributed by atoms with Gasteiger partial charge in [0.15, 0.2) is 0 Å². The second-order valence-electron chi connectivity index (χ2n) is 7.73. The molecule has 162 valence electrons. The Morgan fingerprint density at radius 1 is 1.06 bits per heavy atom. The third-order valence-corrected chi connectivity index (χ3v) is 5.69. The fraction of sp³-hybridized carbons (Fsp3) is 0.391. The summed E-state index contributed by atoms with van der Waals surface area (Å²) in [5, 5.41) is 16.2. The van der Waals surface area contributed by atoms with E-state index < -0.39 is 0 Å². The number of methoxy groups -OCH3 is 2. The van der Waals surface area contributed by atoms with Crippen molar-refractivity contribution in [1.29, 1.82) is 0 Å². The Kier molecular flexibility index (Phi) is 6.45. The predicted molar refractivity (Wildman–Crippen MR) is 116 cm³/mol. The van der Waals surface area contributed by atoms with E-state index in [2.05, 4.69) is 20.7 Å². The summed E-state index contributed by atoms with van der Waals surface area (Å²) in [7, 11) is 3.21. The minimum Gasteiger partial charge on any atom is -0.497 e. The molecular weight excluding hydrogens is 394 g/mol. The molecule has 1 amide bonds. The van der Waals surface area contributed by atoms with Crippen LogP contribution in [0.25, 0.3) is 11.4 Å². The Balaban J connectivity index is 1.31. The Bertz CT molecular complexity index is 1010. The van der Waals surface area contributed by atoms with Crippen molar-refractivity contribution in [2.75, 3.05) is 14.2 Å². The first-order valence-electron chi connectivity index (χ1n) is 10.5. The first kappa shape index (κ1) is 20.8. The van der Waals surface area contributed by atoms with Gasteiger partial charge in [-0.3, -0.25) is 4.79 Å². The first-order chi connectivity index (χ1) is 15.2. The average molecular weight is 422 g/mol. The van der Waals surface area contributed by atoms with E-state index in [1.54, 1.807) is 19.0 Å². The summed E-state index contributed by atoms with van der Waals surface area (Å²) >= 11 is 0. The lowest BCUT2D eigenvalue weighted by Crippen LogP contribution is -2.39. The maximum Gasteiger partial charge on any atom is 0.224 e. The summed E-state index contributed by atoms with van der Waals surface area (Å²) in [4.78, 5) is 14.3. The molecular formula is C23H27N5O3. The van der Waals surface area contributed by atoms with Crippen molar-refractivity contribution in [3.8, 4) is 22.9 Å². The Labute approximate surface area is 181 Å².